The highest BCUT2D eigenvalue weighted by atomic mass is 16.5. The van der Waals surface area contributed by atoms with Crippen LogP contribution in [0.5, 0.6) is 5.75 Å². The van der Waals surface area contributed by atoms with E-state index in [1.165, 1.54) is 51.6 Å². The summed E-state index contributed by atoms with van der Waals surface area (Å²) in [7, 11) is 0. The first-order valence-corrected chi connectivity index (χ1v) is 11.7. The molecule has 0 aliphatic carbocycles. The van der Waals surface area contributed by atoms with Gasteiger partial charge in [0.05, 0.1) is 6.61 Å². The van der Waals surface area contributed by atoms with Gasteiger partial charge in [-0.05, 0) is 63.0 Å². The maximum absolute atomic E-state index is 9.10. The van der Waals surface area contributed by atoms with Gasteiger partial charge in [0.15, 0.2) is 0 Å². The Morgan fingerprint density at radius 3 is 2.55 bits per heavy atom. The minimum Gasteiger partial charge on any atom is -0.494 e. The van der Waals surface area contributed by atoms with Gasteiger partial charge in [0, 0.05) is 16.8 Å². The molecule has 0 radical (unpaired) electrons. The fraction of sp³-hybridized carbons (Fsp3) is 0.462. The topological polar surface area (TPSA) is 100 Å². The number of carboxylic acid groups (broad SMARTS) is 2. The number of para-hydroxylation sites is 1. The number of fused-ring (bicyclic) bond motifs is 3. The van der Waals surface area contributed by atoms with Crippen molar-refractivity contribution in [2.75, 3.05) is 19.7 Å². The number of hydrogen-bond donors (Lipinski definition) is 2. The molecular formula is C26H33NO6. The summed E-state index contributed by atoms with van der Waals surface area (Å²) in [4.78, 5) is 20.9. The molecule has 7 nitrogen and oxygen atoms in total. The van der Waals surface area contributed by atoms with Crippen molar-refractivity contribution in [2.24, 2.45) is 0 Å². The van der Waals surface area contributed by atoms with Gasteiger partial charge in [-0.25, -0.2) is 9.59 Å². The number of benzene rings is 2. The molecule has 2 aromatic carbocycles. The van der Waals surface area contributed by atoms with Crippen LogP contribution in [0.25, 0.3) is 21.9 Å². The van der Waals surface area contributed by atoms with E-state index in [1.54, 1.807) is 0 Å². The number of likely N-dealkylation sites (tertiary alicyclic amines) is 1. The van der Waals surface area contributed by atoms with E-state index in [2.05, 4.69) is 30.0 Å². The van der Waals surface area contributed by atoms with E-state index in [0.29, 0.717) is 6.04 Å². The lowest BCUT2D eigenvalue weighted by Crippen LogP contribution is -2.40. The zero-order valence-corrected chi connectivity index (χ0v) is 19.2. The molecule has 0 spiro atoms. The minimum atomic E-state index is -1.82. The third-order valence-corrected chi connectivity index (χ3v) is 6.05. The van der Waals surface area contributed by atoms with Crippen LogP contribution < -0.4 is 4.74 Å². The summed E-state index contributed by atoms with van der Waals surface area (Å²) in [5.74, 6) is -2.70. The first kappa shape index (κ1) is 24.6. The molecule has 1 aliphatic rings. The number of carboxylic acids is 2. The summed E-state index contributed by atoms with van der Waals surface area (Å²) in [6, 6.07) is 15.1. The van der Waals surface area contributed by atoms with Gasteiger partial charge in [-0.3, -0.25) is 0 Å². The molecule has 4 rings (SSSR count). The van der Waals surface area contributed by atoms with E-state index >= 15 is 0 Å². The average Bonchev–Trinajstić information content (AvgIpc) is 3.19. The highest BCUT2D eigenvalue weighted by Crippen LogP contribution is 2.31. The van der Waals surface area contributed by atoms with Crippen LogP contribution in [0, 0.1) is 0 Å². The number of piperidine rings is 1. The quantitative estimate of drug-likeness (QED) is 0.339. The van der Waals surface area contributed by atoms with Crippen LogP contribution in [0.4, 0.5) is 0 Å². The van der Waals surface area contributed by atoms with E-state index in [0.717, 1.165) is 40.7 Å². The molecule has 0 saturated carbocycles. The van der Waals surface area contributed by atoms with Crippen LogP contribution in [-0.4, -0.2) is 52.8 Å². The zero-order valence-electron chi connectivity index (χ0n) is 19.2. The van der Waals surface area contributed by atoms with Gasteiger partial charge in [-0.2, -0.15) is 0 Å². The molecular weight excluding hydrogens is 422 g/mol. The van der Waals surface area contributed by atoms with Gasteiger partial charge in [0.1, 0.15) is 16.9 Å². The molecule has 1 aromatic heterocycles. The number of furan rings is 1. The van der Waals surface area contributed by atoms with E-state index in [1.807, 2.05) is 24.3 Å². The third-order valence-electron chi connectivity index (χ3n) is 6.05. The van der Waals surface area contributed by atoms with Gasteiger partial charge in [0.25, 0.3) is 0 Å². The Morgan fingerprint density at radius 1 is 1.03 bits per heavy atom. The van der Waals surface area contributed by atoms with Gasteiger partial charge in [0.2, 0.25) is 0 Å². The van der Waals surface area contributed by atoms with E-state index < -0.39 is 11.9 Å². The molecule has 1 fully saturated rings. The van der Waals surface area contributed by atoms with Gasteiger partial charge < -0.3 is 24.3 Å². The number of hydrogen-bond acceptors (Lipinski definition) is 5. The summed E-state index contributed by atoms with van der Waals surface area (Å²) in [6.45, 7) is 5.59. The second-order valence-corrected chi connectivity index (χ2v) is 8.40. The Kier molecular flexibility index (Phi) is 9.13. The number of aliphatic carboxylic acids is 2. The standard InChI is InChI=1S/C24H31NO2.C2H2O4/c1-2-3-7-15-25-16-8-6-9-19(25)14-17-26-20-12-13-24-22(18-20)21-10-4-5-11-23(21)27-24;3-1(4)2(5)6/h4-5,10-13,18-19H,2-3,6-9,14-17H2,1H3;(H,3,4)(H,5,6). The summed E-state index contributed by atoms with van der Waals surface area (Å²) < 4.78 is 12.0. The average molecular weight is 456 g/mol. The maximum Gasteiger partial charge on any atom is 0.414 e. The van der Waals surface area contributed by atoms with E-state index in [4.69, 9.17) is 29.0 Å². The van der Waals surface area contributed by atoms with Crippen LogP contribution in [-0.2, 0) is 9.59 Å². The lowest BCUT2D eigenvalue weighted by atomic mass is 9.99. The number of nitrogens with zero attached hydrogens (tertiary/aromatic N) is 1. The van der Waals surface area contributed by atoms with Gasteiger partial charge >= 0.3 is 11.9 Å². The summed E-state index contributed by atoms with van der Waals surface area (Å²) >= 11 is 0. The predicted octanol–water partition coefficient (Wildman–Crippen LogP) is 5.56. The molecule has 1 saturated heterocycles. The van der Waals surface area contributed by atoms with E-state index in [9.17, 15) is 0 Å². The van der Waals surface area contributed by atoms with Gasteiger partial charge in [-0.1, -0.05) is 44.4 Å². The van der Waals surface area contributed by atoms with Crippen molar-refractivity contribution in [1.82, 2.24) is 4.90 Å². The fourth-order valence-electron chi connectivity index (χ4n) is 4.35. The highest BCUT2D eigenvalue weighted by Gasteiger charge is 2.21. The molecule has 0 bridgehead atoms. The van der Waals surface area contributed by atoms with Crippen LogP contribution in [0.15, 0.2) is 46.9 Å². The molecule has 33 heavy (non-hydrogen) atoms. The maximum atomic E-state index is 9.10. The zero-order chi connectivity index (χ0) is 23.6. The third kappa shape index (κ3) is 6.96. The largest absolute Gasteiger partial charge is 0.494 e. The van der Waals surface area contributed by atoms with Crippen molar-refractivity contribution < 1.29 is 29.0 Å². The minimum absolute atomic E-state index is 0.689. The van der Waals surface area contributed by atoms with Crippen LogP contribution in [0.3, 0.4) is 0 Å². The van der Waals surface area contributed by atoms with Crippen LogP contribution in [0.1, 0.15) is 51.9 Å². The Labute approximate surface area is 193 Å². The van der Waals surface area contributed by atoms with Crippen molar-refractivity contribution >= 4 is 33.9 Å². The lowest BCUT2D eigenvalue weighted by Gasteiger charge is -2.35. The Bertz CT molecular complexity index is 1050. The molecule has 178 valence electrons. The molecule has 1 atom stereocenters. The second kappa shape index (κ2) is 12.3. The molecule has 3 aromatic rings. The second-order valence-electron chi connectivity index (χ2n) is 8.40. The monoisotopic (exact) mass is 455 g/mol. The summed E-state index contributed by atoms with van der Waals surface area (Å²) in [5, 5.41) is 17.1. The van der Waals surface area contributed by atoms with Crippen LogP contribution >= 0.6 is 0 Å². The Balaban J connectivity index is 0.000000454. The smallest absolute Gasteiger partial charge is 0.414 e. The molecule has 7 heteroatoms. The van der Waals surface area contributed by atoms with Crippen molar-refractivity contribution in [2.45, 2.75) is 57.9 Å². The Hall–Kier alpha value is -3.06. The highest BCUT2D eigenvalue weighted by molar-refractivity contribution is 6.27. The number of carbonyl (C=O) groups is 2. The van der Waals surface area contributed by atoms with Gasteiger partial charge in [-0.15, -0.1) is 0 Å². The number of ether oxygens (including phenoxy) is 1. The fourth-order valence-corrected chi connectivity index (χ4v) is 4.35. The van der Waals surface area contributed by atoms with Crippen molar-refractivity contribution in [1.29, 1.82) is 0 Å². The SMILES string of the molecule is CCCCCN1CCCCC1CCOc1ccc2oc3ccccc3c2c1.O=C(O)C(=O)O. The van der Waals surface area contributed by atoms with Crippen molar-refractivity contribution in [3.8, 4) is 5.75 Å². The molecule has 2 heterocycles. The molecule has 1 aliphatic heterocycles. The summed E-state index contributed by atoms with van der Waals surface area (Å²) in [6.07, 6.45) is 9.13. The number of rotatable bonds is 8. The predicted molar refractivity (Wildman–Crippen MR) is 128 cm³/mol. The molecule has 0 amide bonds. The normalized spacial score (nSPS) is 16.3. The first-order valence-electron chi connectivity index (χ1n) is 11.7. The lowest BCUT2D eigenvalue weighted by molar-refractivity contribution is -0.159. The Morgan fingerprint density at radius 2 is 1.79 bits per heavy atom. The first-order chi connectivity index (χ1) is 16.0. The van der Waals surface area contributed by atoms with E-state index in [-0.39, 0.29) is 0 Å². The molecule has 1 unspecified atom stereocenters. The molecule has 2 N–H and O–H groups in total. The summed E-state index contributed by atoms with van der Waals surface area (Å²) in [5.41, 5.74) is 1.87. The van der Waals surface area contributed by atoms with Crippen LogP contribution in [0.2, 0.25) is 0 Å². The number of unbranched alkanes of at least 4 members (excludes halogenated alkanes) is 2. The van der Waals surface area contributed by atoms with Crippen molar-refractivity contribution in [3.63, 3.8) is 0 Å². The van der Waals surface area contributed by atoms with Crippen molar-refractivity contribution in [3.05, 3.63) is 42.5 Å².